The Balaban J connectivity index is 1.91. The van der Waals surface area contributed by atoms with E-state index in [2.05, 4.69) is 5.32 Å². The Labute approximate surface area is 160 Å². The number of esters is 1. The second kappa shape index (κ2) is 8.38. The SMILES string of the molecule is CC(C)(Oc1ccc(F)cc1)C(=O)OCC(=O)Nc1cccc(Cl)c1Cl. The first-order chi connectivity index (χ1) is 12.2. The molecule has 0 aliphatic heterocycles. The Hall–Kier alpha value is -2.31. The minimum absolute atomic E-state index is 0.189. The minimum atomic E-state index is -1.37. The highest BCUT2D eigenvalue weighted by Crippen LogP contribution is 2.29. The van der Waals surface area contributed by atoms with E-state index in [0.29, 0.717) is 11.4 Å². The molecule has 2 aromatic rings. The first kappa shape index (κ1) is 20.0. The van der Waals surface area contributed by atoms with Crippen molar-refractivity contribution in [2.24, 2.45) is 0 Å². The van der Waals surface area contributed by atoms with E-state index in [1.54, 1.807) is 18.2 Å². The number of amides is 1. The van der Waals surface area contributed by atoms with Gasteiger partial charge in [0.1, 0.15) is 11.6 Å². The molecule has 0 atom stereocenters. The van der Waals surface area contributed by atoms with E-state index in [1.807, 2.05) is 0 Å². The number of nitrogens with one attached hydrogen (secondary N) is 1. The minimum Gasteiger partial charge on any atom is -0.476 e. The number of carbonyl (C=O) groups is 2. The molecule has 0 fully saturated rings. The van der Waals surface area contributed by atoms with E-state index in [0.717, 1.165) is 0 Å². The van der Waals surface area contributed by atoms with Gasteiger partial charge in [0.2, 0.25) is 0 Å². The standard InChI is InChI=1S/C18H16Cl2FNO4/c1-18(2,26-12-8-6-11(21)7-9-12)17(24)25-10-15(23)22-14-5-3-4-13(19)16(14)20/h3-9H,10H2,1-2H3,(H,22,23). The highest BCUT2D eigenvalue weighted by atomic mass is 35.5. The van der Waals surface area contributed by atoms with Crippen molar-refractivity contribution in [1.29, 1.82) is 0 Å². The largest absolute Gasteiger partial charge is 0.476 e. The zero-order chi connectivity index (χ0) is 19.3. The van der Waals surface area contributed by atoms with E-state index < -0.39 is 29.9 Å². The van der Waals surface area contributed by atoms with Crippen LogP contribution in [0.15, 0.2) is 42.5 Å². The Kier molecular flexibility index (Phi) is 6.45. The first-order valence-corrected chi connectivity index (χ1v) is 8.30. The number of benzene rings is 2. The molecule has 0 aliphatic rings. The monoisotopic (exact) mass is 399 g/mol. The van der Waals surface area contributed by atoms with Gasteiger partial charge in [0.05, 0.1) is 15.7 Å². The van der Waals surface area contributed by atoms with Crippen LogP contribution in [0, 0.1) is 5.82 Å². The van der Waals surface area contributed by atoms with Gasteiger partial charge in [-0.05, 0) is 50.2 Å². The molecule has 8 heteroatoms. The third kappa shape index (κ3) is 5.34. The van der Waals surface area contributed by atoms with E-state index >= 15 is 0 Å². The van der Waals surface area contributed by atoms with Crippen molar-refractivity contribution >= 4 is 40.8 Å². The predicted molar refractivity (Wildman–Crippen MR) is 97.2 cm³/mol. The highest BCUT2D eigenvalue weighted by molar-refractivity contribution is 6.44. The van der Waals surface area contributed by atoms with Crippen molar-refractivity contribution in [2.45, 2.75) is 19.4 Å². The number of ether oxygens (including phenoxy) is 2. The van der Waals surface area contributed by atoms with Gasteiger partial charge in [-0.15, -0.1) is 0 Å². The van der Waals surface area contributed by atoms with Crippen molar-refractivity contribution in [3.05, 3.63) is 58.3 Å². The average Bonchev–Trinajstić information content (AvgIpc) is 2.58. The predicted octanol–water partition coefficient (Wildman–Crippen LogP) is 4.47. The quantitative estimate of drug-likeness (QED) is 0.727. The van der Waals surface area contributed by atoms with Crippen molar-refractivity contribution in [3.8, 4) is 5.75 Å². The number of hydrogen-bond donors (Lipinski definition) is 1. The molecule has 0 unspecified atom stereocenters. The molecule has 0 aliphatic carbocycles. The van der Waals surface area contributed by atoms with Crippen molar-refractivity contribution in [2.75, 3.05) is 11.9 Å². The lowest BCUT2D eigenvalue weighted by atomic mass is 10.1. The summed E-state index contributed by atoms with van der Waals surface area (Å²) in [5, 5.41) is 2.97. The number of anilines is 1. The number of halogens is 3. The molecule has 0 bridgehead atoms. The van der Waals surface area contributed by atoms with E-state index in [9.17, 15) is 14.0 Å². The lowest BCUT2D eigenvalue weighted by Crippen LogP contribution is -2.41. The van der Waals surface area contributed by atoms with Crippen LogP contribution >= 0.6 is 23.2 Å². The van der Waals surface area contributed by atoms with Crippen LogP contribution in [0.3, 0.4) is 0 Å². The molecule has 2 rings (SSSR count). The second-order valence-electron chi connectivity index (χ2n) is 5.79. The maximum Gasteiger partial charge on any atom is 0.350 e. The van der Waals surface area contributed by atoms with Gasteiger partial charge in [-0.3, -0.25) is 4.79 Å². The van der Waals surface area contributed by atoms with Gasteiger partial charge in [-0.1, -0.05) is 29.3 Å². The Morgan fingerprint density at radius 1 is 1.12 bits per heavy atom. The lowest BCUT2D eigenvalue weighted by Gasteiger charge is -2.24. The summed E-state index contributed by atoms with van der Waals surface area (Å²) in [6.07, 6.45) is 0. The maximum atomic E-state index is 12.9. The summed E-state index contributed by atoms with van der Waals surface area (Å²) in [7, 11) is 0. The van der Waals surface area contributed by atoms with Crippen LogP contribution in [0.25, 0.3) is 0 Å². The van der Waals surface area contributed by atoms with E-state index in [1.165, 1.54) is 38.1 Å². The molecule has 0 heterocycles. The molecule has 26 heavy (non-hydrogen) atoms. The highest BCUT2D eigenvalue weighted by Gasteiger charge is 2.32. The third-order valence-corrected chi connectivity index (χ3v) is 4.06. The molecule has 5 nitrogen and oxygen atoms in total. The average molecular weight is 400 g/mol. The number of hydrogen-bond acceptors (Lipinski definition) is 4. The molecule has 0 aromatic heterocycles. The van der Waals surface area contributed by atoms with Gasteiger partial charge >= 0.3 is 5.97 Å². The molecular weight excluding hydrogens is 384 g/mol. The Morgan fingerprint density at radius 3 is 2.42 bits per heavy atom. The second-order valence-corrected chi connectivity index (χ2v) is 6.58. The van der Waals surface area contributed by atoms with Gasteiger partial charge in [0.15, 0.2) is 12.2 Å². The van der Waals surface area contributed by atoms with Crippen LogP contribution in [0.2, 0.25) is 10.0 Å². The normalized spacial score (nSPS) is 11.0. The molecule has 0 spiro atoms. The van der Waals surface area contributed by atoms with Crippen LogP contribution in [-0.4, -0.2) is 24.1 Å². The third-order valence-electron chi connectivity index (χ3n) is 3.24. The molecule has 1 amide bonds. The number of carbonyl (C=O) groups excluding carboxylic acids is 2. The molecule has 1 N–H and O–H groups in total. The van der Waals surface area contributed by atoms with Crippen LogP contribution in [-0.2, 0) is 14.3 Å². The summed E-state index contributed by atoms with van der Waals surface area (Å²) in [5.41, 5.74) is -1.06. The smallest absolute Gasteiger partial charge is 0.350 e. The molecule has 138 valence electrons. The fourth-order valence-electron chi connectivity index (χ4n) is 1.93. The first-order valence-electron chi connectivity index (χ1n) is 7.55. The van der Waals surface area contributed by atoms with E-state index in [-0.39, 0.29) is 10.0 Å². The van der Waals surface area contributed by atoms with Gasteiger partial charge < -0.3 is 14.8 Å². The Morgan fingerprint density at radius 2 is 1.77 bits per heavy atom. The lowest BCUT2D eigenvalue weighted by molar-refractivity contribution is -0.161. The molecule has 0 radical (unpaired) electrons. The van der Waals surface area contributed by atoms with Crippen LogP contribution in [0.4, 0.5) is 10.1 Å². The van der Waals surface area contributed by atoms with Gasteiger partial charge in [-0.25, -0.2) is 9.18 Å². The molecule has 2 aromatic carbocycles. The van der Waals surface area contributed by atoms with Crippen LogP contribution < -0.4 is 10.1 Å². The van der Waals surface area contributed by atoms with Crippen molar-refractivity contribution in [3.63, 3.8) is 0 Å². The van der Waals surface area contributed by atoms with Crippen molar-refractivity contribution in [1.82, 2.24) is 0 Å². The zero-order valence-corrected chi connectivity index (χ0v) is 15.5. The van der Waals surface area contributed by atoms with Gasteiger partial charge in [0.25, 0.3) is 5.91 Å². The van der Waals surface area contributed by atoms with Crippen molar-refractivity contribution < 1.29 is 23.5 Å². The molecule has 0 saturated carbocycles. The summed E-state index contributed by atoms with van der Waals surface area (Å²) in [6.45, 7) is 2.42. The summed E-state index contributed by atoms with van der Waals surface area (Å²) < 4.78 is 23.4. The summed E-state index contributed by atoms with van der Waals surface area (Å²) in [5.74, 6) is -1.47. The zero-order valence-electron chi connectivity index (χ0n) is 14.0. The molecular formula is C18H16Cl2FNO4. The summed E-state index contributed by atoms with van der Waals surface area (Å²) >= 11 is 11.8. The fourth-order valence-corrected chi connectivity index (χ4v) is 2.28. The number of rotatable bonds is 6. The fraction of sp³-hybridized carbons (Fsp3) is 0.222. The summed E-state index contributed by atoms with van der Waals surface area (Å²) in [6, 6.07) is 9.95. The van der Waals surface area contributed by atoms with Crippen LogP contribution in [0.1, 0.15) is 13.8 Å². The Bertz CT molecular complexity index is 809. The van der Waals surface area contributed by atoms with Gasteiger partial charge in [0, 0.05) is 0 Å². The topological polar surface area (TPSA) is 64.6 Å². The maximum absolute atomic E-state index is 12.9. The van der Waals surface area contributed by atoms with Gasteiger partial charge in [-0.2, -0.15) is 0 Å². The van der Waals surface area contributed by atoms with Crippen LogP contribution in [0.5, 0.6) is 5.75 Å². The summed E-state index contributed by atoms with van der Waals surface area (Å²) in [4.78, 5) is 24.1. The van der Waals surface area contributed by atoms with E-state index in [4.69, 9.17) is 32.7 Å². The molecule has 0 saturated heterocycles.